The lowest BCUT2D eigenvalue weighted by Gasteiger charge is -2.31. The third kappa shape index (κ3) is 5.99. The van der Waals surface area contributed by atoms with Gasteiger partial charge >= 0.3 is 6.09 Å². The normalized spacial score (nSPS) is 16.4. The van der Waals surface area contributed by atoms with Crippen molar-refractivity contribution < 1.29 is 23.9 Å². The molecule has 1 aliphatic rings. The van der Waals surface area contributed by atoms with Gasteiger partial charge in [0.1, 0.15) is 5.54 Å². The van der Waals surface area contributed by atoms with Crippen LogP contribution >= 0.6 is 22.9 Å². The van der Waals surface area contributed by atoms with E-state index in [0.717, 1.165) is 16.9 Å². The van der Waals surface area contributed by atoms with E-state index in [4.69, 9.17) is 21.1 Å². The number of hydrogen-bond acceptors (Lipinski definition) is 6. The van der Waals surface area contributed by atoms with Crippen molar-refractivity contribution in [3.8, 4) is 5.06 Å². The first kappa shape index (κ1) is 24.0. The zero-order valence-electron chi connectivity index (χ0n) is 18.4. The summed E-state index contributed by atoms with van der Waals surface area (Å²) < 4.78 is 11.1. The van der Waals surface area contributed by atoms with E-state index in [1.54, 1.807) is 49.1 Å². The van der Waals surface area contributed by atoms with Crippen LogP contribution in [0.1, 0.15) is 36.7 Å². The summed E-state index contributed by atoms with van der Waals surface area (Å²) in [6.45, 7) is 8.50. The van der Waals surface area contributed by atoms with Crippen LogP contribution in [0.4, 0.5) is 10.5 Å². The van der Waals surface area contributed by atoms with Crippen LogP contribution in [0.15, 0.2) is 30.3 Å². The third-order valence-electron chi connectivity index (χ3n) is 4.97. The summed E-state index contributed by atoms with van der Waals surface area (Å²) in [5.41, 5.74) is 0.594. The van der Waals surface area contributed by atoms with Crippen LogP contribution in [0.3, 0.4) is 0 Å². The molecule has 0 aliphatic carbocycles. The molecule has 2 N–H and O–H groups in total. The lowest BCUT2D eigenvalue weighted by Crippen LogP contribution is -2.53. The van der Waals surface area contributed by atoms with E-state index in [1.165, 1.54) is 0 Å². The second-order valence-corrected chi connectivity index (χ2v) is 9.79. The van der Waals surface area contributed by atoms with Crippen molar-refractivity contribution in [3.63, 3.8) is 0 Å². The molecule has 1 aromatic heterocycles. The fourth-order valence-electron chi connectivity index (χ4n) is 3.22. The number of hydrogen-bond donors (Lipinski definition) is 2. The molecular weight excluding hydrogens is 454 g/mol. The van der Waals surface area contributed by atoms with Gasteiger partial charge in [0.25, 0.3) is 5.91 Å². The summed E-state index contributed by atoms with van der Waals surface area (Å²) in [6.07, 6.45) is -0.759. The molecule has 1 fully saturated rings. The molecular formula is C22H26ClN3O5S. The Morgan fingerprint density at radius 1 is 1.25 bits per heavy atom. The minimum absolute atomic E-state index is 0.00444. The Kier molecular flexibility index (Phi) is 7.43. The fourth-order valence-corrected chi connectivity index (χ4v) is 4.10. The second-order valence-electron chi connectivity index (χ2n) is 8.11. The lowest BCUT2D eigenvalue weighted by molar-refractivity contribution is -0.121. The lowest BCUT2D eigenvalue weighted by atomic mass is 10.0. The molecule has 10 heteroatoms. The van der Waals surface area contributed by atoms with E-state index in [0.29, 0.717) is 40.3 Å². The number of nitrogens with zero attached hydrogens (tertiary/aromatic N) is 1. The molecule has 3 rings (SSSR count). The molecule has 8 nitrogen and oxygen atoms in total. The number of carbonyl (C=O) groups excluding carboxylic acids is 3. The zero-order valence-corrected chi connectivity index (χ0v) is 19.9. The first-order chi connectivity index (χ1) is 15.0. The van der Waals surface area contributed by atoms with E-state index in [1.807, 2.05) is 13.8 Å². The number of morpholine rings is 1. The molecule has 0 bridgehead atoms. The second kappa shape index (κ2) is 9.89. The number of aryl methyl sites for hydroxylation is 1. The highest BCUT2D eigenvalue weighted by molar-refractivity contribution is 7.17. The first-order valence-corrected chi connectivity index (χ1v) is 11.3. The Morgan fingerprint density at radius 3 is 2.62 bits per heavy atom. The molecule has 0 spiro atoms. The van der Waals surface area contributed by atoms with Crippen molar-refractivity contribution in [1.29, 1.82) is 0 Å². The van der Waals surface area contributed by atoms with Crippen molar-refractivity contribution in [3.05, 3.63) is 45.8 Å². The molecule has 1 atom stereocenters. The Hall–Kier alpha value is -2.62. The van der Waals surface area contributed by atoms with Crippen molar-refractivity contribution in [2.45, 2.75) is 39.3 Å². The summed E-state index contributed by atoms with van der Waals surface area (Å²) in [7, 11) is 0. The number of nitrogens with one attached hydrogen (secondary N) is 2. The van der Waals surface area contributed by atoms with Gasteiger partial charge in [-0.3, -0.25) is 9.59 Å². The van der Waals surface area contributed by atoms with Gasteiger partial charge in [0.05, 0.1) is 17.0 Å². The number of carbonyl (C=O) groups is 3. The van der Waals surface area contributed by atoms with Gasteiger partial charge in [-0.15, -0.1) is 0 Å². The van der Waals surface area contributed by atoms with Gasteiger partial charge in [-0.05, 0) is 63.6 Å². The fraction of sp³-hybridized carbons (Fsp3) is 0.409. The minimum atomic E-state index is -1.25. The van der Waals surface area contributed by atoms with Crippen LogP contribution in [0.25, 0.3) is 0 Å². The summed E-state index contributed by atoms with van der Waals surface area (Å²) in [6, 6.07) is 8.29. The van der Waals surface area contributed by atoms with Gasteiger partial charge in [0.15, 0.2) is 5.06 Å². The van der Waals surface area contributed by atoms with Gasteiger partial charge in [-0.25, -0.2) is 4.79 Å². The van der Waals surface area contributed by atoms with Crippen molar-refractivity contribution in [2.24, 2.45) is 0 Å². The number of rotatable bonds is 5. The van der Waals surface area contributed by atoms with E-state index >= 15 is 0 Å². The van der Waals surface area contributed by atoms with E-state index < -0.39 is 17.5 Å². The standard InChI is InChI=1S/C22H26ClN3O5S/c1-13-11-15(5-6-16(13)19(27)26-9-10-30-14(2)12-26)24-20(28)22(3,4)25-21(29)31-18-8-7-17(23)32-18/h5-8,11,14H,9-10,12H2,1-4H3,(H,24,28)(H,25,29). The van der Waals surface area contributed by atoms with E-state index in [-0.39, 0.29) is 12.0 Å². The maximum absolute atomic E-state index is 12.8. The molecule has 172 valence electrons. The number of ether oxygens (including phenoxy) is 2. The Labute approximate surface area is 195 Å². The molecule has 1 unspecified atom stereocenters. The average Bonchev–Trinajstić information content (AvgIpc) is 3.11. The Balaban J connectivity index is 1.61. The number of benzene rings is 1. The van der Waals surface area contributed by atoms with Crippen LogP contribution in [0.5, 0.6) is 5.06 Å². The van der Waals surface area contributed by atoms with Crippen LogP contribution in [0, 0.1) is 6.92 Å². The smallest absolute Gasteiger partial charge is 0.399 e. The van der Waals surface area contributed by atoms with Crippen LogP contribution < -0.4 is 15.4 Å². The molecule has 1 aromatic carbocycles. The minimum Gasteiger partial charge on any atom is -0.399 e. The topological polar surface area (TPSA) is 97.0 Å². The molecule has 32 heavy (non-hydrogen) atoms. The number of amides is 3. The van der Waals surface area contributed by atoms with E-state index in [2.05, 4.69) is 10.6 Å². The molecule has 2 aromatic rings. The molecule has 1 saturated heterocycles. The monoisotopic (exact) mass is 479 g/mol. The average molecular weight is 480 g/mol. The third-order valence-corrected chi connectivity index (χ3v) is 6.08. The number of anilines is 1. The van der Waals surface area contributed by atoms with Gasteiger partial charge in [0.2, 0.25) is 5.91 Å². The van der Waals surface area contributed by atoms with E-state index in [9.17, 15) is 14.4 Å². The molecule has 0 saturated carbocycles. The Morgan fingerprint density at radius 2 is 2.00 bits per heavy atom. The quantitative estimate of drug-likeness (QED) is 0.673. The number of thiophene rings is 1. The van der Waals surface area contributed by atoms with Crippen LogP contribution in [-0.4, -0.2) is 54.1 Å². The summed E-state index contributed by atoms with van der Waals surface area (Å²) in [5.74, 6) is -0.493. The molecule has 0 radical (unpaired) electrons. The predicted molar refractivity (Wildman–Crippen MR) is 124 cm³/mol. The summed E-state index contributed by atoms with van der Waals surface area (Å²) in [4.78, 5) is 39.5. The van der Waals surface area contributed by atoms with Crippen molar-refractivity contribution in [2.75, 3.05) is 25.0 Å². The van der Waals surface area contributed by atoms with Crippen molar-refractivity contribution in [1.82, 2.24) is 10.2 Å². The molecule has 2 heterocycles. The van der Waals surface area contributed by atoms with Gasteiger partial charge in [-0.1, -0.05) is 22.9 Å². The van der Waals surface area contributed by atoms with Crippen LogP contribution in [0.2, 0.25) is 4.34 Å². The maximum atomic E-state index is 12.8. The predicted octanol–water partition coefficient (Wildman–Crippen LogP) is 4.08. The highest BCUT2D eigenvalue weighted by Gasteiger charge is 2.31. The Bertz CT molecular complexity index is 1020. The highest BCUT2D eigenvalue weighted by atomic mass is 35.5. The first-order valence-electron chi connectivity index (χ1n) is 10.1. The van der Waals surface area contributed by atoms with Crippen LogP contribution in [-0.2, 0) is 9.53 Å². The van der Waals surface area contributed by atoms with Gasteiger partial charge in [0, 0.05) is 24.3 Å². The molecule has 3 amide bonds. The van der Waals surface area contributed by atoms with Gasteiger partial charge in [-0.2, -0.15) is 0 Å². The highest BCUT2D eigenvalue weighted by Crippen LogP contribution is 2.28. The summed E-state index contributed by atoms with van der Waals surface area (Å²) >= 11 is 6.94. The SMILES string of the molecule is Cc1cc(NC(=O)C(C)(C)NC(=O)Oc2ccc(Cl)s2)ccc1C(=O)N1CCOC(C)C1. The zero-order chi connectivity index (χ0) is 23.5. The molecule has 1 aliphatic heterocycles. The largest absolute Gasteiger partial charge is 0.414 e. The van der Waals surface area contributed by atoms with Crippen molar-refractivity contribution >= 4 is 46.5 Å². The summed E-state index contributed by atoms with van der Waals surface area (Å²) in [5, 5.41) is 5.65. The maximum Gasteiger partial charge on any atom is 0.414 e. The van der Waals surface area contributed by atoms with Gasteiger partial charge < -0.3 is 25.0 Å². The number of halogens is 1.